The van der Waals surface area contributed by atoms with Crippen LogP contribution < -0.4 is 10.1 Å². The van der Waals surface area contributed by atoms with Crippen LogP contribution >= 0.6 is 11.6 Å². The van der Waals surface area contributed by atoms with E-state index in [-0.39, 0.29) is 17.9 Å². The van der Waals surface area contributed by atoms with Gasteiger partial charge in [0.1, 0.15) is 11.8 Å². The number of benzene rings is 2. The smallest absolute Gasteiger partial charge is 0.242 e. The van der Waals surface area contributed by atoms with E-state index in [1.54, 1.807) is 36.1 Å². The van der Waals surface area contributed by atoms with Gasteiger partial charge in [-0.15, -0.1) is 0 Å². The zero-order chi connectivity index (χ0) is 22.8. The first kappa shape index (κ1) is 24.7. The Morgan fingerprint density at radius 3 is 2.42 bits per heavy atom. The van der Waals surface area contributed by atoms with Crippen LogP contribution in [-0.2, 0) is 16.1 Å². The molecule has 0 spiro atoms. The molecule has 0 aromatic heterocycles. The Morgan fingerprint density at radius 2 is 1.77 bits per heavy atom. The van der Waals surface area contributed by atoms with E-state index in [1.165, 1.54) is 0 Å². The van der Waals surface area contributed by atoms with Gasteiger partial charge >= 0.3 is 0 Å². The van der Waals surface area contributed by atoms with Crippen LogP contribution in [-0.4, -0.2) is 35.4 Å². The van der Waals surface area contributed by atoms with Crippen molar-refractivity contribution < 1.29 is 14.3 Å². The standard InChI is InChI=1S/C25H33ClN2O3/c1-5-19(3)27-25(30)20(4)28(17-21-10-7-6-9-18(21)2)24(29)11-8-16-31-23-14-12-22(26)13-15-23/h6-7,9-10,12-15,19-20H,5,8,11,16-17H2,1-4H3,(H,27,30). The zero-order valence-electron chi connectivity index (χ0n) is 18.9. The second-order valence-corrected chi connectivity index (χ2v) is 8.28. The van der Waals surface area contributed by atoms with Gasteiger partial charge in [-0.05, 0) is 69.0 Å². The second-order valence-electron chi connectivity index (χ2n) is 7.85. The molecule has 0 fully saturated rings. The monoisotopic (exact) mass is 444 g/mol. The summed E-state index contributed by atoms with van der Waals surface area (Å²) in [5.41, 5.74) is 2.14. The number of carbonyl (C=O) groups excluding carboxylic acids is 2. The minimum Gasteiger partial charge on any atom is -0.494 e. The van der Waals surface area contributed by atoms with Gasteiger partial charge in [-0.2, -0.15) is 0 Å². The molecule has 5 nitrogen and oxygen atoms in total. The van der Waals surface area contributed by atoms with Gasteiger partial charge in [-0.1, -0.05) is 42.8 Å². The third-order valence-corrected chi connectivity index (χ3v) is 5.64. The number of halogens is 1. The molecule has 2 rings (SSSR count). The van der Waals surface area contributed by atoms with Crippen molar-refractivity contribution >= 4 is 23.4 Å². The van der Waals surface area contributed by atoms with Crippen LogP contribution in [0.15, 0.2) is 48.5 Å². The van der Waals surface area contributed by atoms with Crippen molar-refractivity contribution in [3.8, 4) is 5.75 Å². The number of amides is 2. The lowest BCUT2D eigenvalue weighted by atomic mass is 10.1. The van der Waals surface area contributed by atoms with E-state index in [0.717, 1.165) is 23.3 Å². The molecular formula is C25H33ClN2O3. The van der Waals surface area contributed by atoms with E-state index in [9.17, 15) is 9.59 Å². The van der Waals surface area contributed by atoms with Gasteiger partial charge in [-0.3, -0.25) is 9.59 Å². The largest absolute Gasteiger partial charge is 0.494 e. The summed E-state index contributed by atoms with van der Waals surface area (Å²) in [5.74, 6) is 0.526. The summed E-state index contributed by atoms with van der Waals surface area (Å²) >= 11 is 5.88. The second kappa shape index (κ2) is 12.4. The molecule has 2 aromatic rings. The Hall–Kier alpha value is -2.53. The Kier molecular flexibility index (Phi) is 9.86. The van der Waals surface area contributed by atoms with Gasteiger partial charge in [0.2, 0.25) is 11.8 Å². The highest BCUT2D eigenvalue weighted by Crippen LogP contribution is 2.17. The van der Waals surface area contributed by atoms with E-state index in [0.29, 0.717) is 31.0 Å². The number of hydrogen-bond donors (Lipinski definition) is 1. The Bertz CT molecular complexity index is 854. The van der Waals surface area contributed by atoms with E-state index in [4.69, 9.17) is 16.3 Å². The van der Waals surface area contributed by atoms with Gasteiger partial charge in [0.15, 0.2) is 0 Å². The number of aryl methyl sites for hydroxylation is 1. The summed E-state index contributed by atoms with van der Waals surface area (Å²) in [5, 5.41) is 3.64. The summed E-state index contributed by atoms with van der Waals surface area (Å²) in [6.45, 7) is 8.61. The summed E-state index contributed by atoms with van der Waals surface area (Å²) < 4.78 is 5.69. The van der Waals surface area contributed by atoms with Gasteiger partial charge in [-0.25, -0.2) is 0 Å². The maximum absolute atomic E-state index is 13.1. The molecule has 0 aliphatic carbocycles. The highest BCUT2D eigenvalue weighted by Gasteiger charge is 2.26. The molecule has 0 aliphatic rings. The molecule has 2 aromatic carbocycles. The molecule has 2 unspecified atom stereocenters. The lowest BCUT2D eigenvalue weighted by molar-refractivity contribution is -0.141. The number of nitrogens with one attached hydrogen (secondary N) is 1. The number of hydrogen-bond acceptors (Lipinski definition) is 3. The van der Waals surface area contributed by atoms with E-state index < -0.39 is 6.04 Å². The fraction of sp³-hybridized carbons (Fsp3) is 0.440. The Morgan fingerprint density at radius 1 is 1.10 bits per heavy atom. The minimum absolute atomic E-state index is 0.0604. The van der Waals surface area contributed by atoms with Crippen molar-refractivity contribution in [1.29, 1.82) is 0 Å². The predicted molar refractivity (Wildman–Crippen MR) is 125 cm³/mol. The maximum Gasteiger partial charge on any atom is 0.242 e. The molecule has 0 bridgehead atoms. The van der Waals surface area contributed by atoms with Crippen molar-refractivity contribution in [2.45, 2.75) is 65.6 Å². The van der Waals surface area contributed by atoms with Gasteiger partial charge in [0.05, 0.1) is 6.61 Å². The Balaban J connectivity index is 2.01. The van der Waals surface area contributed by atoms with E-state index in [2.05, 4.69) is 5.32 Å². The zero-order valence-corrected chi connectivity index (χ0v) is 19.6. The molecule has 2 atom stereocenters. The topological polar surface area (TPSA) is 58.6 Å². The fourth-order valence-electron chi connectivity index (χ4n) is 3.11. The molecule has 168 valence electrons. The number of ether oxygens (including phenoxy) is 1. The molecule has 2 amide bonds. The molecule has 0 heterocycles. The number of nitrogens with zero attached hydrogens (tertiary/aromatic N) is 1. The average molecular weight is 445 g/mol. The molecule has 6 heteroatoms. The quantitative estimate of drug-likeness (QED) is 0.488. The van der Waals surface area contributed by atoms with Crippen LogP contribution in [0.25, 0.3) is 0 Å². The summed E-state index contributed by atoms with van der Waals surface area (Å²) in [4.78, 5) is 27.5. The van der Waals surface area contributed by atoms with Crippen molar-refractivity contribution in [2.75, 3.05) is 6.61 Å². The predicted octanol–water partition coefficient (Wildman–Crippen LogP) is 5.14. The van der Waals surface area contributed by atoms with Crippen molar-refractivity contribution in [3.63, 3.8) is 0 Å². The van der Waals surface area contributed by atoms with Crippen LogP contribution in [0.5, 0.6) is 5.75 Å². The minimum atomic E-state index is -0.557. The highest BCUT2D eigenvalue weighted by molar-refractivity contribution is 6.30. The van der Waals surface area contributed by atoms with Crippen molar-refractivity contribution in [3.05, 3.63) is 64.7 Å². The lowest BCUT2D eigenvalue weighted by Crippen LogP contribution is -2.49. The molecule has 0 aliphatic heterocycles. The molecule has 1 N–H and O–H groups in total. The van der Waals surface area contributed by atoms with Crippen LogP contribution in [0.2, 0.25) is 5.02 Å². The van der Waals surface area contributed by atoms with Crippen LogP contribution in [0.1, 0.15) is 51.2 Å². The van der Waals surface area contributed by atoms with Gasteiger partial charge in [0.25, 0.3) is 0 Å². The summed E-state index contributed by atoms with van der Waals surface area (Å²) in [6.07, 6.45) is 1.71. The lowest BCUT2D eigenvalue weighted by Gasteiger charge is -2.30. The normalized spacial score (nSPS) is 12.7. The molecule has 0 saturated heterocycles. The van der Waals surface area contributed by atoms with E-state index in [1.807, 2.05) is 45.0 Å². The average Bonchev–Trinajstić information content (AvgIpc) is 2.76. The first-order valence-corrected chi connectivity index (χ1v) is 11.2. The van der Waals surface area contributed by atoms with Crippen LogP contribution in [0.3, 0.4) is 0 Å². The molecular weight excluding hydrogens is 412 g/mol. The SMILES string of the molecule is CCC(C)NC(=O)C(C)N(Cc1ccccc1C)C(=O)CCCOc1ccc(Cl)cc1. The fourth-order valence-corrected chi connectivity index (χ4v) is 3.23. The summed E-state index contributed by atoms with van der Waals surface area (Å²) in [6, 6.07) is 14.6. The van der Waals surface area contributed by atoms with Gasteiger partial charge < -0.3 is 15.0 Å². The third kappa shape index (κ3) is 7.91. The summed E-state index contributed by atoms with van der Waals surface area (Å²) in [7, 11) is 0. The van der Waals surface area contributed by atoms with E-state index >= 15 is 0 Å². The number of carbonyl (C=O) groups is 2. The molecule has 0 radical (unpaired) electrons. The highest BCUT2D eigenvalue weighted by atomic mass is 35.5. The first-order chi connectivity index (χ1) is 14.8. The van der Waals surface area contributed by atoms with Crippen molar-refractivity contribution in [1.82, 2.24) is 10.2 Å². The molecule has 0 saturated carbocycles. The molecule has 31 heavy (non-hydrogen) atoms. The maximum atomic E-state index is 13.1. The van der Waals surface area contributed by atoms with Crippen LogP contribution in [0, 0.1) is 6.92 Å². The van der Waals surface area contributed by atoms with Gasteiger partial charge in [0, 0.05) is 24.0 Å². The Labute approximate surface area is 190 Å². The first-order valence-electron chi connectivity index (χ1n) is 10.8. The van der Waals surface area contributed by atoms with Crippen molar-refractivity contribution in [2.24, 2.45) is 0 Å². The number of rotatable bonds is 11. The third-order valence-electron chi connectivity index (χ3n) is 5.39. The van der Waals surface area contributed by atoms with Crippen LogP contribution in [0.4, 0.5) is 0 Å².